The van der Waals surface area contributed by atoms with Crippen LogP contribution in [0.3, 0.4) is 0 Å². The molecule has 3 aromatic rings. The lowest BCUT2D eigenvalue weighted by molar-refractivity contribution is 0.620. The van der Waals surface area contributed by atoms with Crippen LogP contribution in [0, 0.1) is 23.3 Å². The number of imidazole rings is 1. The van der Waals surface area contributed by atoms with Gasteiger partial charge in [-0.3, -0.25) is 0 Å². The van der Waals surface area contributed by atoms with Crippen LogP contribution in [-0.4, -0.2) is 9.55 Å². The van der Waals surface area contributed by atoms with Crippen LogP contribution in [0.2, 0.25) is 0 Å². The van der Waals surface area contributed by atoms with Gasteiger partial charge in [0, 0.05) is 0 Å². The smallest absolute Gasteiger partial charge is 0.178 e. The Kier molecular flexibility index (Phi) is 3.14. The number of hydrogen-bond donors (Lipinski definition) is 1. The summed E-state index contributed by atoms with van der Waals surface area (Å²) in [6, 6.07) is 9.47. The van der Waals surface area contributed by atoms with Crippen molar-refractivity contribution in [2.24, 2.45) is 0 Å². The average molecular weight is 290 g/mol. The molecule has 0 fully saturated rings. The van der Waals surface area contributed by atoms with Gasteiger partial charge in [-0.1, -0.05) is 12.1 Å². The third kappa shape index (κ3) is 2.25. The van der Waals surface area contributed by atoms with Crippen molar-refractivity contribution in [3.8, 4) is 0 Å². The maximum atomic E-state index is 13.6. The topological polar surface area (TPSA) is 20.7 Å². The number of rotatable bonds is 2. The zero-order valence-corrected chi connectivity index (χ0v) is 11.6. The predicted octanol–water partition coefficient (Wildman–Crippen LogP) is 4.33. The normalized spacial score (nSPS) is 11.2. The maximum absolute atomic E-state index is 13.6. The summed E-state index contributed by atoms with van der Waals surface area (Å²) in [6.07, 6.45) is 0. The van der Waals surface area contributed by atoms with Crippen LogP contribution in [-0.2, 0) is 6.54 Å². The fraction of sp³-hybridized carbons (Fsp3) is 0.133. The quantitative estimate of drug-likeness (QED) is 0.697. The standard InChI is InChI=1S/C15H12F2N2S/c1-9-6-14-13(7-12(9)17)18-15(20)19(14)8-10-2-4-11(16)5-3-10/h2-7H,8H2,1H3,(H,18,20). The van der Waals surface area contributed by atoms with Crippen LogP contribution in [0.25, 0.3) is 11.0 Å². The van der Waals surface area contributed by atoms with Gasteiger partial charge in [0.2, 0.25) is 0 Å². The Labute approximate surface area is 119 Å². The lowest BCUT2D eigenvalue weighted by atomic mass is 10.2. The molecule has 0 atom stereocenters. The molecule has 1 heterocycles. The number of aromatic nitrogens is 2. The maximum Gasteiger partial charge on any atom is 0.178 e. The lowest BCUT2D eigenvalue weighted by Crippen LogP contribution is -2.00. The molecule has 0 bridgehead atoms. The Balaban J connectivity index is 2.11. The summed E-state index contributed by atoms with van der Waals surface area (Å²) in [5.74, 6) is -0.531. The van der Waals surface area contributed by atoms with E-state index in [0.717, 1.165) is 11.1 Å². The molecule has 0 radical (unpaired) electrons. The third-order valence-electron chi connectivity index (χ3n) is 3.31. The molecule has 0 spiro atoms. The lowest BCUT2D eigenvalue weighted by Gasteiger charge is -2.06. The van der Waals surface area contributed by atoms with Crippen molar-refractivity contribution in [2.45, 2.75) is 13.5 Å². The van der Waals surface area contributed by atoms with E-state index in [1.807, 2.05) is 4.57 Å². The number of nitrogens with zero attached hydrogens (tertiary/aromatic N) is 1. The molecule has 20 heavy (non-hydrogen) atoms. The highest BCUT2D eigenvalue weighted by molar-refractivity contribution is 7.71. The Hall–Kier alpha value is -2.01. The summed E-state index contributed by atoms with van der Waals surface area (Å²) in [4.78, 5) is 2.99. The zero-order valence-electron chi connectivity index (χ0n) is 10.8. The van der Waals surface area contributed by atoms with Crippen LogP contribution >= 0.6 is 12.2 Å². The highest BCUT2D eigenvalue weighted by Gasteiger charge is 2.08. The molecular weight excluding hydrogens is 278 g/mol. The minimum Gasteiger partial charge on any atom is -0.330 e. The van der Waals surface area contributed by atoms with Gasteiger partial charge in [0.15, 0.2) is 4.77 Å². The molecule has 0 aliphatic carbocycles. The van der Waals surface area contributed by atoms with E-state index in [2.05, 4.69) is 4.98 Å². The van der Waals surface area contributed by atoms with E-state index in [1.54, 1.807) is 25.1 Å². The molecule has 5 heteroatoms. The van der Waals surface area contributed by atoms with E-state index >= 15 is 0 Å². The minimum atomic E-state index is -0.269. The summed E-state index contributed by atoms with van der Waals surface area (Å²) in [6.45, 7) is 2.23. The van der Waals surface area contributed by atoms with Gasteiger partial charge in [0.25, 0.3) is 0 Å². The Bertz CT molecular complexity index is 831. The van der Waals surface area contributed by atoms with Crippen molar-refractivity contribution >= 4 is 23.3 Å². The molecule has 0 aliphatic rings. The van der Waals surface area contributed by atoms with Crippen molar-refractivity contribution in [1.82, 2.24) is 9.55 Å². The number of benzene rings is 2. The van der Waals surface area contributed by atoms with Crippen LogP contribution in [0.5, 0.6) is 0 Å². The Morgan fingerprint density at radius 1 is 1.15 bits per heavy atom. The third-order valence-corrected chi connectivity index (χ3v) is 3.63. The van der Waals surface area contributed by atoms with Crippen molar-refractivity contribution < 1.29 is 8.78 Å². The predicted molar refractivity (Wildman–Crippen MR) is 77.3 cm³/mol. The van der Waals surface area contributed by atoms with Gasteiger partial charge in [-0.15, -0.1) is 0 Å². The molecule has 0 aliphatic heterocycles. The number of hydrogen-bond acceptors (Lipinski definition) is 1. The average Bonchev–Trinajstić information content (AvgIpc) is 2.69. The first-order chi connectivity index (χ1) is 9.54. The zero-order chi connectivity index (χ0) is 14.3. The van der Waals surface area contributed by atoms with Crippen molar-refractivity contribution in [2.75, 3.05) is 0 Å². The van der Waals surface area contributed by atoms with Crippen molar-refractivity contribution in [3.05, 3.63) is 63.9 Å². The van der Waals surface area contributed by atoms with Crippen LogP contribution < -0.4 is 0 Å². The fourth-order valence-electron chi connectivity index (χ4n) is 2.21. The molecule has 102 valence electrons. The number of H-pyrrole nitrogens is 1. The van der Waals surface area contributed by atoms with E-state index in [9.17, 15) is 8.78 Å². The fourth-order valence-corrected chi connectivity index (χ4v) is 2.48. The van der Waals surface area contributed by atoms with E-state index in [-0.39, 0.29) is 11.6 Å². The summed E-state index contributed by atoms with van der Waals surface area (Å²) in [7, 11) is 0. The second-order valence-corrected chi connectivity index (χ2v) is 5.15. The van der Waals surface area contributed by atoms with Crippen molar-refractivity contribution in [1.29, 1.82) is 0 Å². The molecular formula is C15H12F2N2S. The number of halogens is 2. The van der Waals surface area contributed by atoms with Gasteiger partial charge in [-0.05, 0) is 54.5 Å². The molecule has 1 N–H and O–H groups in total. The van der Waals surface area contributed by atoms with Gasteiger partial charge in [0.1, 0.15) is 11.6 Å². The number of nitrogens with one attached hydrogen (secondary N) is 1. The summed E-state index contributed by atoms with van der Waals surface area (Å²) < 4.78 is 28.9. The molecule has 2 aromatic carbocycles. The minimum absolute atomic E-state index is 0.261. The molecule has 2 nitrogen and oxygen atoms in total. The molecule has 0 saturated carbocycles. The van der Waals surface area contributed by atoms with Gasteiger partial charge in [-0.25, -0.2) is 8.78 Å². The largest absolute Gasteiger partial charge is 0.330 e. The second-order valence-electron chi connectivity index (χ2n) is 4.76. The van der Waals surface area contributed by atoms with Gasteiger partial charge >= 0.3 is 0 Å². The molecule has 1 aromatic heterocycles. The number of aromatic amines is 1. The van der Waals surface area contributed by atoms with Gasteiger partial charge < -0.3 is 9.55 Å². The van der Waals surface area contributed by atoms with E-state index in [4.69, 9.17) is 12.2 Å². The Morgan fingerprint density at radius 2 is 1.85 bits per heavy atom. The summed E-state index contributed by atoms with van der Waals surface area (Å²) in [5.41, 5.74) is 3.02. The van der Waals surface area contributed by atoms with Crippen LogP contribution in [0.1, 0.15) is 11.1 Å². The van der Waals surface area contributed by atoms with Crippen LogP contribution in [0.4, 0.5) is 8.78 Å². The van der Waals surface area contributed by atoms with E-state index < -0.39 is 0 Å². The monoisotopic (exact) mass is 290 g/mol. The summed E-state index contributed by atoms with van der Waals surface area (Å²) in [5, 5.41) is 0. The number of aryl methyl sites for hydroxylation is 1. The molecule has 0 saturated heterocycles. The SMILES string of the molecule is Cc1cc2c(cc1F)[nH]c(=S)n2Cc1ccc(F)cc1. The second kappa shape index (κ2) is 4.83. The first-order valence-electron chi connectivity index (χ1n) is 6.18. The van der Waals surface area contributed by atoms with E-state index in [1.165, 1.54) is 18.2 Å². The first kappa shape index (κ1) is 13.0. The molecule has 0 unspecified atom stereocenters. The highest BCUT2D eigenvalue weighted by Crippen LogP contribution is 2.20. The van der Waals surface area contributed by atoms with Crippen LogP contribution in [0.15, 0.2) is 36.4 Å². The number of fused-ring (bicyclic) bond motifs is 1. The van der Waals surface area contributed by atoms with Gasteiger partial charge in [0.05, 0.1) is 17.6 Å². The van der Waals surface area contributed by atoms with Crippen molar-refractivity contribution in [3.63, 3.8) is 0 Å². The molecule has 3 rings (SSSR count). The van der Waals surface area contributed by atoms with Gasteiger partial charge in [-0.2, -0.15) is 0 Å². The Morgan fingerprint density at radius 3 is 2.55 bits per heavy atom. The highest BCUT2D eigenvalue weighted by atomic mass is 32.1. The molecule has 0 amide bonds. The first-order valence-corrected chi connectivity index (χ1v) is 6.58. The van der Waals surface area contributed by atoms with E-state index in [0.29, 0.717) is 22.4 Å². The summed E-state index contributed by atoms with van der Waals surface area (Å²) >= 11 is 5.28.